The molecule has 1 heterocycles. The highest BCUT2D eigenvalue weighted by atomic mass is 19.1. The van der Waals surface area contributed by atoms with Gasteiger partial charge < -0.3 is 4.74 Å². The van der Waals surface area contributed by atoms with Crippen LogP contribution in [0.2, 0.25) is 0 Å². The molecule has 1 aromatic rings. The Morgan fingerprint density at radius 1 is 1.13 bits per heavy atom. The average molecular weight is 208 g/mol. The number of hydrogen-bond donors (Lipinski definition) is 0. The quantitative estimate of drug-likeness (QED) is 0.521. The molecule has 78 valence electrons. The Kier molecular flexibility index (Phi) is 2.49. The Bertz CT molecular complexity index is 398. The molecule has 0 aromatic heterocycles. The molecule has 2 rings (SSSR count). The van der Waals surface area contributed by atoms with E-state index in [-0.39, 0.29) is 24.6 Å². The number of esters is 2. The van der Waals surface area contributed by atoms with E-state index >= 15 is 0 Å². The van der Waals surface area contributed by atoms with Crippen molar-refractivity contribution in [2.24, 2.45) is 0 Å². The smallest absolute Gasteiger partial charge is 0.314 e. The van der Waals surface area contributed by atoms with Crippen molar-refractivity contribution < 1.29 is 18.7 Å². The third-order valence-corrected chi connectivity index (χ3v) is 2.40. The molecule has 0 amide bonds. The van der Waals surface area contributed by atoms with Crippen LogP contribution in [0.3, 0.4) is 0 Å². The van der Waals surface area contributed by atoms with Gasteiger partial charge in [-0.15, -0.1) is 0 Å². The molecule has 0 spiro atoms. The number of benzene rings is 1. The minimum atomic E-state index is -0.584. The molecule has 0 N–H and O–H groups in total. The van der Waals surface area contributed by atoms with Gasteiger partial charge in [-0.05, 0) is 11.6 Å². The number of cyclic esters (lactones) is 2. The van der Waals surface area contributed by atoms with Crippen molar-refractivity contribution in [1.29, 1.82) is 0 Å². The summed E-state index contributed by atoms with van der Waals surface area (Å²) < 4.78 is 17.7. The summed E-state index contributed by atoms with van der Waals surface area (Å²) in [7, 11) is 0. The molecule has 15 heavy (non-hydrogen) atoms. The molecule has 1 aliphatic rings. The van der Waals surface area contributed by atoms with Gasteiger partial charge in [-0.1, -0.05) is 18.2 Å². The van der Waals surface area contributed by atoms with Crippen LogP contribution < -0.4 is 0 Å². The summed E-state index contributed by atoms with van der Waals surface area (Å²) in [5.74, 6) is -1.94. The zero-order chi connectivity index (χ0) is 10.8. The molecule has 1 aliphatic heterocycles. The molecule has 4 heteroatoms. The van der Waals surface area contributed by atoms with E-state index in [9.17, 15) is 14.0 Å². The topological polar surface area (TPSA) is 43.4 Å². The molecule has 0 radical (unpaired) electrons. The standard InChI is InChI=1S/C11H9FO3/c12-9-4-2-1-3-8(9)7-5-10(13)15-11(14)6-7/h1-4,7H,5-6H2. The van der Waals surface area contributed by atoms with Gasteiger partial charge in [0.1, 0.15) is 5.82 Å². The summed E-state index contributed by atoms with van der Waals surface area (Å²) in [5.41, 5.74) is 0.405. The molecule has 0 aliphatic carbocycles. The van der Waals surface area contributed by atoms with E-state index in [4.69, 9.17) is 0 Å². The second-order valence-electron chi connectivity index (χ2n) is 3.47. The first-order valence-corrected chi connectivity index (χ1v) is 4.65. The van der Waals surface area contributed by atoms with Gasteiger partial charge in [-0.25, -0.2) is 4.39 Å². The van der Waals surface area contributed by atoms with E-state index in [1.807, 2.05) is 0 Å². The van der Waals surface area contributed by atoms with Crippen molar-refractivity contribution in [3.63, 3.8) is 0 Å². The molecular formula is C11H9FO3. The van der Waals surface area contributed by atoms with Crippen molar-refractivity contribution in [2.45, 2.75) is 18.8 Å². The lowest BCUT2D eigenvalue weighted by Gasteiger charge is -2.20. The first kappa shape index (κ1) is 9.83. The zero-order valence-corrected chi connectivity index (χ0v) is 7.90. The summed E-state index contributed by atoms with van der Waals surface area (Å²) in [6.07, 6.45) is 0.124. The number of hydrogen-bond acceptors (Lipinski definition) is 3. The lowest BCUT2D eigenvalue weighted by Crippen LogP contribution is -2.24. The summed E-state index contributed by atoms with van der Waals surface area (Å²) >= 11 is 0. The van der Waals surface area contributed by atoms with Gasteiger partial charge in [-0.3, -0.25) is 9.59 Å². The Hall–Kier alpha value is -1.71. The minimum Gasteiger partial charge on any atom is -0.393 e. The second-order valence-corrected chi connectivity index (χ2v) is 3.47. The number of rotatable bonds is 1. The molecule has 1 aromatic carbocycles. The molecule has 3 nitrogen and oxygen atoms in total. The molecule has 0 unspecified atom stereocenters. The monoisotopic (exact) mass is 208 g/mol. The van der Waals surface area contributed by atoms with Crippen LogP contribution in [0.5, 0.6) is 0 Å². The highest BCUT2D eigenvalue weighted by Gasteiger charge is 2.29. The van der Waals surface area contributed by atoms with Crippen molar-refractivity contribution in [3.05, 3.63) is 35.6 Å². The van der Waals surface area contributed by atoms with E-state index in [1.165, 1.54) is 6.07 Å². The lowest BCUT2D eigenvalue weighted by molar-refractivity contribution is -0.163. The predicted octanol–water partition coefficient (Wildman–Crippen LogP) is 1.77. The number of ether oxygens (including phenoxy) is 1. The van der Waals surface area contributed by atoms with Crippen LogP contribution >= 0.6 is 0 Å². The fraction of sp³-hybridized carbons (Fsp3) is 0.273. The average Bonchev–Trinajstić information content (AvgIpc) is 2.16. The maximum atomic E-state index is 13.4. The van der Waals surface area contributed by atoms with E-state index in [0.717, 1.165) is 0 Å². The lowest BCUT2D eigenvalue weighted by atomic mass is 9.91. The molecule has 0 atom stereocenters. The van der Waals surface area contributed by atoms with E-state index < -0.39 is 11.9 Å². The van der Waals surface area contributed by atoms with Gasteiger partial charge in [0.2, 0.25) is 0 Å². The molecule has 1 fully saturated rings. The largest absolute Gasteiger partial charge is 0.393 e. The van der Waals surface area contributed by atoms with Gasteiger partial charge in [0.05, 0.1) is 12.8 Å². The maximum absolute atomic E-state index is 13.4. The molecule has 0 saturated carbocycles. The Morgan fingerprint density at radius 2 is 1.73 bits per heavy atom. The normalized spacial score (nSPS) is 17.7. The van der Waals surface area contributed by atoms with Crippen LogP contribution in [0.15, 0.2) is 24.3 Å². The van der Waals surface area contributed by atoms with E-state index in [1.54, 1.807) is 18.2 Å². The third-order valence-electron chi connectivity index (χ3n) is 2.40. The van der Waals surface area contributed by atoms with Crippen molar-refractivity contribution in [1.82, 2.24) is 0 Å². The first-order valence-electron chi connectivity index (χ1n) is 4.65. The van der Waals surface area contributed by atoms with Crippen LogP contribution in [-0.2, 0) is 14.3 Å². The maximum Gasteiger partial charge on any atom is 0.314 e. The van der Waals surface area contributed by atoms with Gasteiger partial charge in [-0.2, -0.15) is 0 Å². The van der Waals surface area contributed by atoms with Crippen LogP contribution in [0, 0.1) is 5.82 Å². The number of halogens is 1. The highest BCUT2D eigenvalue weighted by molar-refractivity contribution is 5.89. The Morgan fingerprint density at radius 3 is 2.33 bits per heavy atom. The van der Waals surface area contributed by atoms with Crippen molar-refractivity contribution in [3.8, 4) is 0 Å². The fourth-order valence-corrected chi connectivity index (χ4v) is 1.71. The number of carbonyl (C=O) groups is 2. The summed E-state index contributed by atoms with van der Waals surface area (Å²) in [6, 6.07) is 6.16. The predicted molar refractivity (Wildman–Crippen MR) is 49.5 cm³/mol. The Balaban J connectivity index is 2.27. The molecule has 0 bridgehead atoms. The summed E-state index contributed by atoms with van der Waals surface area (Å²) in [5, 5.41) is 0. The van der Waals surface area contributed by atoms with Crippen molar-refractivity contribution >= 4 is 11.9 Å². The van der Waals surface area contributed by atoms with Gasteiger partial charge >= 0.3 is 11.9 Å². The van der Waals surface area contributed by atoms with Crippen molar-refractivity contribution in [2.75, 3.05) is 0 Å². The minimum absolute atomic E-state index is 0.0622. The van der Waals surface area contributed by atoms with Crippen LogP contribution in [0.25, 0.3) is 0 Å². The highest BCUT2D eigenvalue weighted by Crippen LogP contribution is 2.29. The SMILES string of the molecule is O=C1CC(c2ccccc2F)CC(=O)O1. The van der Waals surface area contributed by atoms with Gasteiger partial charge in [0.15, 0.2) is 0 Å². The second kappa shape index (κ2) is 3.81. The first-order chi connectivity index (χ1) is 7.16. The van der Waals surface area contributed by atoms with E-state index in [2.05, 4.69) is 4.74 Å². The van der Waals surface area contributed by atoms with Crippen LogP contribution in [0.1, 0.15) is 24.3 Å². The van der Waals surface area contributed by atoms with Gasteiger partial charge in [0, 0.05) is 5.92 Å². The molecule has 1 saturated heterocycles. The van der Waals surface area contributed by atoms with E-state index in [0.29, 0.717) is 5.56 Å². The fourth-order valence-electron chi connectivity index (χ4n) is 1.71. The van der Waals surface area contributed by atoms with Gasteiger partial charge in [0.25, 0.3) is 0 Å². The zero-order valence-electron chi connectivity index (χ0n) is 7.90. The number of carbonyl (C=O) groups excluding carboxylic acids is 2. The van der Waals surface area contributed by atoms with Crippen LogP contribution in [0.4, 0.5) is 4.39 Å². The van der Waals surface area contributed by atoms with Crippen LogP contribution in [-0.4, -0.2) is 11.9 Å². The molecular weight excluding hydrogens is 199 g/mol. The summed E-state index contributed by atoms with van der Waals surface area (Å²) in [6.45, 7) is 0. The Labute approximate surface area is 85.9 Å². The summed E-state index contributed by atoms with van der Waals surface area (Å²) in [4.78, 5) is 22.0. The third kappa shape index (κ3) is 2.03.